The Hall–Kier alpha value is -1.71. The minimum atomic E-state index is 0.0379. The smallest absolute Gasteiger partial charge is 0.263 e. The molecule has 162 valence electrons. The summed E-state index contributed by atoms with van der Waals surface area (Å²) in [6, 6.07) is 0. The molecule has 1 unspecified atom stereocenters. The second-order valence-corrected chi connectivity index (χ2v) is 9.76. The fraction of sp³-hybridized carbons (Fsp3) is 0.619. The molecule has 7 nitrogen and oxygen atoms in total. The molecular formula is C21H28N4O3S2. The summed E-state index contributed by atoms with van der Waals surface area (Å²) in [6.45, 7) is 7.60. The van der Waals surface area contributed by atoms with Crippen LogP contribution in [0.1, 0.15) is 61.7 Å². The first-order valence-electron chi connectivity index (χ1n) is 10.7. The number of nitrogens with zero attached hydrogens (tertiary/aromatic N) is 4. The van der Waals surface area contributed by atoms with Crippen molar-refractivity contribution in [3.05, 3.63) is 32.5 Å². The molecule has 3 aromatic heterocycles. The number of fused-ring (bicyclic) bond motifs is 1. The molecule has 0 bridgehead atoms. The van der Waals surface area contributed by atoms with Crippen molar-refractivity contribution in [2.24, 2.45) is 0 Å². The SMILES string of the molecule is CCCCc1nc(CSc2nc3sc(C)c(CC)c3c(=O)n2CC2CCCO2)no1. The highest BCUT2D eigenvalue weighted by atomic mass is 32.2. The van der Waals surface area contributed by atoms with Gasteiger partial charge in [0.2, 0.25) is 5.89 Å². The third-order valence-electron chi connectivity index (χ3n) is 5.43. The van der Waals surface area contributed by atoms with Gasteiger partial charge in [0, 0.05) is 17.9 Å². The summed E-state index contributed by atoms with van der Waals surface area (Å²) in [4.78, 5) is 24.8. The van der Waals surface area contributed by atoms with E-state index in [0.717, 1.165) is 60.9 Å². The Bertz CT molecular complexity index is 1070. The third kappa shape index (κ3) is 4.48. The van der Waals surface area contributed by atoms with Gasteiger partial charge in [0.25, 0.3) is 5.56 Å². The van der Waals surface area contributed by atoms with Crippen LogP contribution < -0.4 is 5.56 Å². The van der Waals surface area contributed by atoms with Crippen LogP contribution in [0, 0.1) is 6.92 Å². The van der Waals surface area contributed by atoms with Gasteiger partial charge in [-0.25, -0.2) is 4.98 Å². The molecule has 0 saturated carbocycles. The number of unbranched alkanes of at least 4 members (excludes halogenated alkanes) is 1. The highest BCUT2D eigenvalue weighted by molar-refractivity contribution is 7.98. The van der Waals surface area contributed by atoms with Gasteiger partial charge in [0.15, 0.2) is 11.0 Å². The van der Waals surface area contributed by atoms with E-state index in [1.807, 2.05) is 0 Å². The maximum absolute atomic E-state index is 13.5. The van der Waals surface area contributed by atoms with Gasteiger partial charge in [-0.15, -0.1) is 11.3 Å². The average molecular weight is 449 g/mol. The molecule has 9 heteroatoms. The predicted octanol–water partition coefficient (Wildman–Crippen LogP) is 4.53. The number of thioether (sulfide) groups is 1. The van der Waals surface area contributed by atoms with E-state index in [-0.39, 0.29) is 11.7 Å². The standard InChI is InChI=1S/C21H28N4O3S2/c1-4-6-9-17-22-16(24-28-17)12-29-21-23-19-18(15(5-2)13(3)30-19)20(26)25(21)11-14-8-7-10-27-14/h14H,4-12H2,1-3H3. The summed E-state index contributed by atoms with van der Waals surface area (Å²) in [5.41, 5.74) is 1.15. The van der Waals surface area contributed by atoms with Crippen molar-refractivity contribution < 1.29 is 9.26 Å². The summed E-state index contributed by atoms with van der Waals surface area (Å²) in [7, 11) is 0. The molecule has 4 heterocycles. The van der Waals surface area contributed by atoms with E-state index >= 15 is 0 Å². The normalized spacial score (nSPS) is 16.7. The van der Waals surface area contributed by atoms with E-state index in [0.29, 0.717) is 29.2 Å². The lowest BCUT2D eigenvalue weighted by Crippen LogP contribution is -2.29. The number of hydrogen-bond donors (Lipinski definition) is 0. The molecule has 1 aliphatic rings. The molecule has 0 N–H and O–H groups in total. The highest BCUT2D eigenvalue weighted by Crippen LogP contribution is 2.30. The van der Waals surface area contributed by atoms with Crippen LogP contribution in [0.25, 0.3) is 10.2 Å². The zero-order chi connectivity index (χ0) is 21.1. The maximum Gasteiger partial charge on any atom is 0.263 e. The van der Waals surface area contributed by atoms with E-state index in [4.69, 9.17) is 14.2 Å². The summed E-state index contributed by atoms with van der Waals surface area (Å²) in [5, 5.41) is 5.56. The fourth-order valence-electron chi connectivity index (χ4n) is 3.83. The molecule has 0 aliphatic carbocycles. The number of hydrogen-bond acceptors (Lipinski definition) is 8. The Morgan fingerprint density at radius 3 is 2.90 bits per heavy atom. The lowest BCUT2D eigenvalue weighted by atomic mass is 10.1. The average Bonchev–Trinajstić information content (AvgIpc) is 3.47. The van der Waals surface area contributed by atoms with Gasteiger partial charge in [-0.3, -0.25) is 9.36 Å². The Kier molecular flexibility index (Phi) is 6.90. The Labute approximate surface area is 184 Å². The van der Waals surface area contributed by atoms with Crippen molar-refractivity contribution in [1.29, 1.82) is 0 Å². The molecule has 0 radical (unpaired) electrons. The summed E-state index contributed by atoms with van der Waals surface area (Å²) < 4.78 is 12.9. The molecular weight excluding hydrogens is 420 g/mol. The summed E-state index contributed by atoms with van der Waals surface area (Å²) in [5.74, 6) is 1.83. The fourth-order valence-corrected chi connectivity index (χ4v) is 5.83. The van der Waals surface area contributed by atoms with Gasteiger partial charge in [-0.05, 0) is 38.2 Å². The van der Waals surface area contributed by atoms with E-state index in [9.17, 15) is 4.79 Å². The molecule has 0 aromatic carbocycles. The second-order valence-electron chi connectivity index (χ2n) is 7.61. The third-order valence-corrected chi connectivity index (χ3v) is 7.44. The zero-order valence-electron chi connectivity index (χ0n) is 17.8. The van der Waals surface area contributed by atoms with Crippen LogP contribution in [0.4, 0.5) is 0 Å². The van der Waals surface area contributed by atoms with Crippen LogP contribution in [-0.2, 0) is 29.9 Å². The van der Waals surface area contributed by atoms with Crippen LogP contribution in [-0.4, -0.2) is 32.4 Å². The van der Waals surface area contributed by atoms with E-state index in [2.05, 4.69) is 30.9 Å². The number of aromatic nitrogens is 4. The van der Waals surface area contributed by atoms with Crippen molar-refractivity contribution in [3.8, 4) is 0 Å². The van der Waals surface area contributed by atoms with Gasteiger partial charge in [0.05, 0.1) is 23.8 Å². The molecule has 1 saturated heterocycles. The molecule has 30 heavy (non-hydrogen) atoms. The Morgan fingerprint density at radius 1 is 1.30 bits per heavy atom. The Morgan fingerprint density at radius 2 is 2.17 bits per heavy atom. The molecule has 4 rings (SSSR count). The molecule has 1 atom stereocenters. The van der Waals surface area contributed by atoms with E-state index < -0.39 is 0 Å². The minimum absolute atomic E-state index is 0.0379. The van der Waals surface area contributed by atoms with Gasteiger partial charge in [-0.2, -0.15) is 4.98 Å². The highest BCUT2D eigenvalue weighted by Gasteiger charge is 2.23. The molecule has 0 amide bonds. The molecule has 0 spiro atoms. The number of ether oxygens (including phenoxy) is 1. The van der Waals surface area contributed by atoms with Crippen LogP contribution in [0.5, 0.6) is 0 Å². The van der Waals surface area contributed by atoms with Crippen molar-refractivity contribution in [1.82, 2.24) is 19.7 Å². The molecule has 1 aliphatic heterocycles. The first-order chi connectivity index (χ1) is 14.6. The van der Waals surface area contributed by atoms with Crippen LogP contribution in [0.3, 0.4) is 0 Å². The number of rotatable bonds is 9. The Balaban J connectivity index is 1.64. The van der Waals surface area contributed by atoms with Crippen molar-refractivity contribution in [3.63, 3.8) is 0 Å². The lowest BCUT2D eigenvalue weighted by molar-refractivity contribution is 0.0937. The lowest BCUT2D eigenvalue weighted by Gasteiger charge is -2.15. The van der Waals surface area contributed by atoms with E-state index in [1.54, 1.807) is 15.9 Å². The monoisotopic (exact) mass is 448 g/mol. The minimum Gasteiger partial charge on any atom is -0.376 e. The topological polar surface area (TPSA) is 83.0 Å². The van der Waals surface area contributed by atoms with Gasteiger partial charge in [-0.1, -0.05) is 37.2 Å². The van der Waals surface area contributed by atoms with Crippen LogP contribution in [0.15, 0.2) is 14.5 Å². The maximum atomic E-state index is 13.5. The second kappa shape index (κ2) is 9.62. The van der Waals surface area contributed by atoms with Crippen LogP contribution >= 0.6 is 23.1 Å². The van der Waals surface area contributed by atoms with Crippen LogP contribution in [0.2, 0.25) is 0 Å². The largest absolute Gasteiger partial charge is 0.376 e. The van der Waals surface area contributed by atoms with Gasteiger partial charge in [0.1, 0.15) is 4.83 Å². The van der Waals surface area contributed by atoms with Crippen molar-refractivity contribution in [2.45, 2.75) is 82.9 Å². The molecule has 3 aromatic rings. The van der Waals surface area contributed by atoms with Gasteiger partial charge >= 0.3 is 0 Å². The van der Waals surface area contributed by atoms with E-state index in [1.165, 1.54) is 16.6 Å². The number of aryl methyl sites for hydroxylation is 3. The first-order valence-corrected chi connectivity index (χ1v) is 12.5. The molecule has 1 fully saturated rings. The van der Waals surface area contributed by atoms with Crippen molar-refractivity contribution in [2.75, 3.05) is 6.61 Å². The summed E-state index contributed by atoms with van der Waals surface area (Å²) in [6.07, 6.45) is 5.84. The van der Waals surface area contributed by atoms with Gasteiger partial charge < -0.3 is 9.26 Å². The number of thiophene rings is 1. The summed E-state index contributed by atoms with van der Waals surface area (Å²) >= 11 is 3.09. The first kappa shape index (κ1) is 21.5. The van der Waals surface area contributed by atoms with Crippen molar-refractivity contribution >= 4 is 33.3 Å². The predicted molar refractivity (Wildman–Crippen MR) is 119 cm³/mol. The zero-order valence-corrected chi connectivity index (χ0v) is 19.4. The quantitative estimate of drug-likeness (QED) is 0.351.